The lowest BCUT2D eigenvalue weighted by Gasteiger charge is -2.18. The number of halogens is 2. The maximum absolute atomic E-state index is 13.5. The van der Waals surface area contributed by atoms with Crippen LogP contribution >= 0.6 is 15.9 Å². The standard InChI is InChI=1S/C13H17BrFN/c1-3-13-10(6-8(2)16-13)9-4-5-11(14)12(15)7-9/h4-5,7-8,10,13,16H,3,6H2,1-2H3. The molecule has 1 saturated heterocycles. The maximum atomic E-state index is 13.5. The Bertz CT molecular complexity index is 380. The van der Waals surface area contributed by atoms with E-state index in [4.69, 9.17) is 0 Å². The molecular formula is C13H17BrFN. The van der Waals surface area contributed by atoms with Crippen LogP contribution in [0.1, 0.15) is 38.2 Å². The van der Waals surface area contributed by atoms with E-state index in [1.54, 1.807) is 12.1 Å². The summed E-state index contributed by atoms with van der Waals surface area (Å²) in [5.41, 5.74) is 1.12. The van der Waals surface area contributed by atoms with E-state index in [0.29, 0.717) is 22.5 Å². The van der Waals surface area contributed by atoms with Crippen molar-refractivity contribution in [3.63, 3.8) is 0 Å². The van der Waals surface area contributed by atoms with Gasteiger partial charge in [-0.1, -0.05) is 13.0 Å². The molecule has 3 unspecified atom stereocenters. The zero-order chi connectivity index (χ0) is 11.7. The first kappa shape index (κ1) is 12.1. The van der Waals surface area contributed by atoms with Crippen LogP contribution in [0.15, 0.2) is 22.7 Å². The number of benzene rings is 1. The molecule has 16 heavy (non-hydrogen) atoms. The predicted octanol–water partition coefficient (Wildman–Crippen LogP) is 3.83. The first-order chi connectivity index (χ1) is 7.61. The highest BCUT2D eigenvalue weighted by Crippen LogP contribution is 2.33. The smallest absolute Gasteiger partial charge is 0.137 e. The van der Waals surface area contributed by atoms with E-state index < -0.39 is 0 Å². The summed E-state index contributed by atoms with van der Waals surface area (Å²) in [6, 6.07) is 6.51. The van der Waals surface area contributed by atoms with Crippen LogP contribution in [-0.2, 0) is 0 Å². The van der Waals surface area contributed by atoms with Crippen molar-refractivity contribution in [2.45, 2.75) is 44.7 Å². The topological polar surface area (TPSA) is 12.0 Å². The third-order valence-electron chi connectivity index (χ3n) is 3.40. The Morgan fingerprint density at radius 1 is 1.50 bits per heavy atom. The Morgan fingerprint density at radius 3 is 2.88 bits per heavy atom. The minimum Gasteiger partial charge on any atom is -0.311 e. The molecular weight excluding hydrogens is 269 g/mol. The summed E-state index contributed by atoms with van der Waals surface area (Å²) < 4.78 is 14.0. The van der Waals surface area contributed by atoms with Crippen LogP contribution in [0.2, 0.25) is 0 Å². The molecule has 1 heterocycles. The van der Waals surface area contributed by atoms with Crippen LogP contribution in [0.25, 0.3) is 0 Å². The first-order valence-electron chi connectivity index (χ1n) is 5.82. The molecule has 1 aromatic carbocycles. The van der Waals surface area contributed by atoms with Crippen LogP contribution in [-0.4, -0.2) is 12.1 Å². The van der Waals surface area contributed by atoms with E-state index in [0.717, 1.165) is 18.4 Å². The molecule has 2 rings (SSSR count). The summed E-state index contributed by atoms with van der Waals surface area (Å²) in [5.74, 6) is 0.287. The molecule has 1 aromatic rings. The van der Waals surface area contributed by atoms with Crippen molar-refractivity contribution in [1.82, 2.24) is 5.32 Å². The molecule has 0 amide bonds. The first-order valence-corrected chi connectivity index (χ1v) is 6.62. The third kappa shape index (κ3) is 2.30. The van der Waals surface area contributed by atoms with Crippen molar-refractivity contribution < 1.29 is 4.39 Å². The van der Waals surface area contributed by atoms with E-state index in [-0.39, 0.29) is 5.82 Å². The van der Waals surface area contributed by atoms with Crippen molar-refractivity contribution in [2.24, 2.45) is 0 Å². The quantitative estimate of drug-likeness (QED) is 0.871. The van der Waals surface area contributed by atoms with Crippen LogP contribution in [0.3, 0.4) is 0 Å². The molecule has 1 aliphatic heterocycles. The van der Waals surface area contributed by atoms with Gasteiger partial charge in [0.15, 0.2) is 0 Å². The fourth-order valence-corrected chi connectivity index (χ4v) is 2.86. The van der Waals surface area contributed by atoms with E-state index in [1.165, 1.54) is 0 Å². The highest BCUT2D eigenvalue weighted by atomic mass is 79.9. The second-order valence-corrected chi connectivity index (χ2v) is 5.45. The Balaban J connectivity index is 2.26. The number of hydrogen-bond donors (Lipinski definition) is 1. The maximum Gasteiger partial charge on any atom is 0.137 e. The van der Waals surface area contributed by atoms with Gasteiger partial charge in [-0.25, -0.2) is 4.39 Å². The highest BCUT2D eigenvalue weighted by molar-refractivity contribution is 9.10. The second kappa shape index (κ2) is 4.84. The lowest BCUT2D eigenvalue weighted by Crippen LogP contribution is -2.28. The fraction of sp³-hybridized carbons (Fsp3) is 0.538. The fourth-order valence-electron chi connectivity index (χ4n) is 2.61. The largest absolute Gasteiger partial charge is 0.311 e. The molecule has 1 nitrogen and oxygen atoms in total. The predicted molar refractivity (Wildman–Crippen MR) is 68.1 cm³/mol. The minimum absolute atomic E-state index is 0.160. The summed E-state index contributed by atoms with van der Waals surface area (Å²) in [7, 11) is 0. The molecule has 0 bridgehead atoms. The molecule has 0 aliphatic carbocycles. The van der Waals surface area contributed by atoms with Gasteiger partial charge in [0, 0.05) is 18.0 Å². The Labute approximate surface area is 105 Å². The molecule has 1 aliphatic rings. The summed E-state index contributed by atoms with van der Waals surface area (Å²) in [4.78, 5) is 0. The Hall–Kier alpha value is -0.410. The van der Waals surface area contributed by atoms with Gasteiger partial charge in [-0.05, 0) is 53.4 Å². The van der Waals surface area contributed by atoms with Crippen molar-refractivity contribution in [3.8, 4) is 0 Å². The Kier molecular flexibility index (Phi) is 3.65. The van der Waals surface area contributed by atoms with Gasteiger partial charge in [0.1, 0.15) is 5.82 Å². The van der Waals surface area contributed by atoms with Gasteiger partial charge in [-0.3, -0.25) is 0 Å². The highest BCUT2D eigenvalue weighted by Gasteiger charge is 2.31. The van der Waals surface area contributed by atoms with Crippen molar-refractivity contribution in [1.29, 1.82) is 0 Å². The zero-order valence-corrected chi connectivity index (χ0v) is 11.2. The average molecular weight is 286 g/mol. The third-order valence-corrected chi connectivity index (χ3v) is 4.05. The average Bonchev–Trinajstić information content (AvgIpc) is 2.63. The van der Waals surface area contributed by atoms with E-state index in [9.17, 15) is 4.39 Å². The van der Waals surface area contributed by atoms with Crippen molar-refractivity contribution in [2.75, 3.05) is 0 Å². The van der Waals surface area contributed by atoms with Gasteiger partial charge < -0.3 is 5.32 Å². The van der Waals surface area contributed by atoms with E-state index in [1.807, 2.05) is 6.07 Å². The van der Waals surface area contributed by atoms with Crippen LogP contribution in [0, 0.1) is 5.82 Å². The summed E-state index contributed by atoms with van der Waals surface area (Å²) >= 11 is 3.19. The molecule has 0 radical (unpaired) electrons. The monoisotopic (exact) mass is 285 g/mol. The number of hydrogen-bond acceptors (Lipinski definition) is 1. The van der Waals surface area contributed by atoms with Crippen LogP contribution in [0.5, 0.6) is 0 Å². The molecule has 0 spiro atoms. The summed E-state index contributed by atoms with van der Waals surface area (Å²) in [5, 5.41) is 3.55. The molecule has 1 fully saturated rings. The van der Waals surface area contributed by atoms with Gasteiger partial charge in [0.05, 0.1) is 4.47 Å². The molecule has 3 heteroatoms. The normalized spacial score (nSPS) is 29.6. The molecule has 0 saturated carbocycles. The number of rotatable bonds is 2. The lowest BCUT2D eigenvalue weighted by molar-refractivity contribution is 0.515. The van der Waals surface area contributed by atoms with Crippen LogP contribution < -0.4 is 5.32 Å². The van der Waals surface area contributed by atoms with Gasteiger partial charge in [-0.2, -0.15) is 0 Å². The van der Waals surface area contributed by atoms with E-state index in [2.05, 4.69) is 35.1 Å². The molecule has 3 atom stereocenters. The lowest BCUT2D eigenvalue weighted by atomic mass is 9.90. The molecule has 0 aromatic heterocycles. The second-order valence-electron chi connectivity index (χ2n) is 4.60. The van der Waals surface area contributed by atoms with Crippen molar-refractivity contribution in [3.05, 3.63) is 34.1 Å². The van der Waals surface area contributed by atoms with Gasteiger partial charge in [0.2, 0.25) is 0 Å². The summed E-state index contributed by atoms with van der Waals surface area (Å²) in [6.45, 7) is 4.37. The number of nitrogens with one attached hydrogen (secondary N) is 1. The van der Waals surface area contributed by atoms with Gasteiger partial charge in [-0.15, -0.1) is 0 Å². The van der Waals surface area contributed by atoms with E-state index >= 15 is 0 Å². The molecule has 88 valence electrons. The Morgan fingerprint density at radius 2 is 2.25 bits per heavy atom. The molecule has 1 N–H and O–H groups in total. The SMILES string of the molecule is CCC1NC(C)CC1c1ccc(Br)c(F)c1. The zero-order valence-electron chi connectivity index (χ0n) is 9.63. The summed E-state index contributed by atoms with van der Waals surface area (Å²) in [6.07, 6.45) is 2.19. The van der Waals surface area contributed by atoms with Crippen molar-refractivity contribution >= 4 is 15.9 Å². The van der Waals surface area contributed by atoms with Gasteiger partial charge in [0.25, 0.3) is 0 Å². The van der Waals surface area contributed by atoms with Gasteiger partial charge >= 0.3 is 0 Å². The minimum atomic E-state index is -0.160. The van der Waals surface area contributed by atoms with Crippen LogP contribution in [0.4, 0.5) is 4.39 Å².